The molecule has 2 rings (SSSR count). The van der Waals surface area contributed by atoms with Gasteiger partial charge in [0.05, 0.1) is 19.6 Å². The number of hydrogen-bond donors (Lipinski definition) is 0. The second-order valence-corrected chi connectivity index (χ2v) is 4.80. The fourth-order valence-corrected chi connectivity index (χ4v) is 2.42. The van der Waals surface area contributed by atoms with Crippen molar-refractivity contribution in [2.24, 2.45) is 0 Å². The fourth-order valence-electron chi connectivity index (χ4n) is 2.04. The molecular weight excluding hydrogens is 260 g/mol. The third-order valence-corrected chi connectivity index (χ3v) is 3.62. The van der Waals surface area contributed by atoms with E-state index in [-0.39, 0.29) is 5.38 Å². The summed E-state index contributed by atoms with van der Waals surface area (Å²) in [6, 6.07) is 13.7. The van der Waals surface area contributed by atoms with Gasteiger partial charge in [0.25, 0.3) is 0 Å². The number of ether oxygens (including phenoxy) is 2. The maximum atomic E-state index is 6.56. The van der Waals surface area contributed by atoms with Gasteiger partial charge < -0.3 is 9.47 Å². The van der Waals surface area contributed by atoms with Crippen molar-refractivity contribution in [2.45, 2.75) is 12.3 Å². The zero-order chi connectivity index (χ0) is 13.8. The highest BCUT2D eigenvalue weighted by Crippen LogP contribution is 2.33. The van der Waals surface area contributed by atoms with Gasteiger partial charge in [-0.3, -0.25) is 0 Å². The number of benzene rings is 2. The first-order chi connectivity index (χ1) is 9.15. The zero-order valence-electron chi connectivity index (χ0n) is 11.3. The molecule has 100 valence electrons. The van der Waals surface area contributed by atoms with E-state index in [1.807, 2.05) is 49.4 Å². The molecule has 2 nitrogen and oxygen atoms in total. The zero-order valence-corrected chi connectivity index (χ0v) is 12.1. The molecule has 0 spiro atoms. The molecule has 19 heavy (non-hydrogen) atoms. The second kappa shape index (κ2) is 5.98. The molecular formula is C16H17ClO2. The number of hydrogen-bond acceptors (Lipinski definition) is 2. The lowest BCUT2D eigenvalue weighted by atomic mass is 9.99. The maximum Gasteiger partial charge on any atom is 0.119 e. The van der Waals surface area contributed by atoms with E-state index in [9.17, 15) is 0 Å². The van der Waals surface area contributed by atoms with Crippen molar-refractivity contribution < 1.29 is 9.47 Å². The highest BCUT2D eigenvalue weighted by molar-refractivity contribution is 6.22. The van der Waals surface area contributed by atoms with Gasteiger partial charge in [0, 0.05) is 0 Å². The third-order valence-electron chi connectivity index (χ3n) is 3.14. The van der Waals surface area contributed by atoms with Gasteiger partial charge >= 0.3 is 0 Å². The Labute approximate surface area is 118 Å². The number of aryl methyl sites for hydroxylation is 1. The molecule has 2 aromatic rings. The minimum Gasteiger partial charge on any atom is -0.497 e. The number of alkyl halides is 1. The summed E-state index contributed by atoms with van der Waals surface area (Å²) in [6.07, 6.45) is 0. The molecule has 0 aliphatic rings. The predicted octanol–water partition coefficient (Wildman–Crippen LogP) is 4.34. The minimum atomic E-state index is -0.194. The third kappa shape index (κ3) is 3.02. The Balaban J connectivity index is 2.35. The summed E-state index contributed by atoms with van der Waals surface area (Å²) in [6.45, 7) is 2.04. The Morgan fingerprint density at radius 3 is 2.26 bits per heavy atom. The van der Waals surface area contributed by atoms with Gasteiger partial charge in [0.1, 0.15) is 11.5 Å². The molecule has 0 aliphatic carbocycles. The second-order valence-electron chi connectivity index (χ2n) is 4.36. The fraction of sp³-hybridized carbons (Fsp3) is 0.250. The van der Waals surface area contributed by atoms with E-state index in [1.54, 1.807) is 14.2 Å². The van der Waals surface area contributed by atoms with Crippen LogP contribution in [0.1, 0.15) is 22.1 Å². The van der Waals surface area contributed by atoms with Crippen LogP contribution in [0.2, 0.25) is 0 Å². The normalized spacial score (nSPS) is 12.0. The van der Waals surface area contributed by atoms with Crippen molar-refractivity contribution in [3.05, 3.63) is 59.2 Å². The number of halogens is 1. The van der Waals surface area contributed by atoms with Gasteiger partial charge in [-0.1, -0.05) is 18.2 Å². The van der Waals surface area contributed by atoms with Gasteiger partial charge in [-0.2, -0.15) is 0 Å². The standard InChI is InChI=1S/C16H17ClO2/c1-11-9-14(19-3)7-8-15(11)16(17)12-5-4-6-13(10-12)18-2/h4-10,16H,1-3H3. The summed E-state index contributed by atoms with van der Waals surface area (Å²) in [5.41, 5.74) is 3.21. The SMILES string of the molecule is COc1cccc(C(Cl)c2ccc(OC)cc2C)c1. The van der Waals surface area contributed by atoms with Crippen LogP contribution in [0.3, 0.4) is 0 Å². The Hall–Kier alpha value is -1.67. The first-order valence-electron chi connectivity index (χ1n) is 6.08. The van der Waals surface area contributed by atoms with Crippen molar-refractivity contribution in [3.8, 4) is 11.5 Å². The van der Waals surface area contributed by atoms with Crippen LogP contribution >= 0.6 is 11.6 Å². The van der Waals surface area contributed by atoms with Gasteiger partial charge in [0.15, 0.2) is 0 Å². The van der Waals surface area contributed by atoms with Crippen LogP contribution in [0, 0.1) is 6.92 Å². The average Bonchev–Trinajstić information content (AvgIpc) is 2.46. The smallest absolute Gasteiger partial charge is 0.119 e. The summed E-state index contributed by atoms with van der Waals surface area (Å²) in [5, 5.41) is -0.194. The van der Waals surface area contributed by atoms with E-state index in [4.69, 9.17) is 21.1 Å². The van der Waals surface area contributed by atoms with Crippen LogP contribution in [0.25, 0.3) is 0 Å². The Morgan fingerprint density at radius 1 is 0.947 bits per heavy atom. The number of rotatable bonds is 4. The van der Waals surface area contributed by atoms with Crippen molar-refractivity contribution in [1.29, 1.82) is 0 Å². The summed E-state index contributed by atoms with van der Waals surface area (Å²) >= 11 is 6.56. The van der Waals surface area contributed by atoms with Gasteiger partial charge in [-0.05, 0) is 47.9 Å². The van der Waals surface area contributed by atoms with Crippen molar-refractivity contribution in [2.75, 3.05) is 14.2 Å². The van der Waals surface area contributed by atoms with Gasteiger partial charge in [0.2, 0.25) is 0 Å². The van der Waals surface area contributed by atoms with Crippen molar-refractivity contribution >= 4 is 11.6 Å². The Morgan fingerprint density at radius 2 is 1.63 bits per heavy atom. The predicted molar refractivity (Wildman–Crippen MR) is 78.4 cm³/mol. The molecule has 1 atom stereocenters. The molecule has 0 aromatic heterocycles. The van der Waals surface area contributed by atoms with Crippen LogP contribution < -0.4 is 9.47 Å². The molecule has 0 bridgehead atoms. The molecule has 0 radical (unpaired) electrons. The van der Waals surface area contributed by atoms with Gasteiger partial charge in [-0.25, -0.2) is 0 Å². The lowest BCUT2D eigenvalue weighted by molar-refractivity contribution is 0.414. The van der Waals surface area contributed by atoms with Crippen LogP contribution in [0.15, 0.2) is 42.5 Å². The van der Waals surface area contributed by atoms with E-state index in [1.165, 1.54) is 0 Å². The first-order valence-corrected chi connectivity index (χ1v) is 6.52. The van der Waals surface area contributed by atoms with Crippen molar-refractivity contribution in [3.63, 3.8) is 0 Å². The monoisotopic (exact) mass is 276 g/mol. The van der Waals surface area contributed by atoms with E-state index >= 15 is 0 Å². The molecule has 0 heterocycles. The first kappa shape index (κ1) is 13.8. The highest BCUT2D eigenvalue weighted by Gasteiger charge is 2.14. The molecule has 0 amide bonds. The van der Waals surface area contributed by atoms with Crippen LogP contribution in [0.4, 0.5) is 0 Å². The average molecular weight is 277 g/mol. The molecule has 0 aliphatic heterocycles. The molecule has 1 unspecified atom stereocenters. The molecule has 0 fully saturated rings. The lowest BCUT2D eigenvalue weighted by Gasteiger charge is -2.15. The lowest BCUT2D eigenvalue weighted by Crippen LogP contribution is -1.97. The van der Waals surface area contributed by atoms with E-state index < -0.39 is 0 Å². The molecule has 0 saturated carbocycles. The van der Waals surface area contributed by atoms with Crippen molar-refractivity contribution in [1.82, 2.24) is 0 Å². The highest BCUT2D eigenvalue weighted by atomic mass is 35.5. The molecule has 3 heteroatoms. The van der Waals surface area contributed by atoms with Gasteiger partial charge in [-0.15, -0.1) is 11.6 Å². The molecule has 2 aromatic carbocycles. The topological polar surface area (TPSA) is 18.5 Å². The maximum absolute atomic E-state index is 6.56. The van der Waals surface area contributed by atoms with Crippen LogP contribution in [-0.2, 0) is 0 Å². The molecule has 0 N–H and O–H groups in total. The Kier molecular flexibility index (Phi) is 4.33. The van der Waals surface area contributed by atoms with E-state index in [0.29, 0.717) is 0 Å². The summed E-state index contributed by atoms with van der Waals surface area (Å²) < 4.78 is 10.4. The summed E-state index contributed by atoms with van der Waals surface area (Å²) in [4.78, 5) is 0. The van der Waals surface area contributed by atoms with E-state index in [0.717, 1.165) is 28.2 Å². The van der Waals surface area contributed by atoms with E-state index in [2.05, 4.69) is 0 Å². The summed E-state index contributed by atoms with van der Waals surface area (Å²) in [5.74, 6) is 1.66. The largest absolute Gasteiger partial charge is 0.497 e. The molecule has 0 saturated heterocycles. The van der Waals surface area contributed by atoms with Crippen LogP contribution in [-0.4, -0.2) is 14.2 Å². The van der Waals surface area contributed by atoms with Crippen LogP contribution in [0.5, 0.6) is 11.5 Å². The quantitative estimate of drug-likeness (QED) is 0.774. The Bertz CT molecular complexity index is 566. The minimum absolute atomic E-state index is 0.194. The summed E-state index contributed by atoms with van der Waals surface area (Å²) in [7, 11) is 3.32. The number of methoxy groups -OCH3 is 2.